The second-order valence-electron chi connectivity index (χ2n) is 15.8. The zero-order chi connectivity index (χ0) is 35.5. The molecule has 0 spiro atoms. The Kier molecular flexibility index (Phi) is 9.07. The lowest BCUT2D eigenvalue weighted by Crippen LogP contribution is -2.57. The van der Waals surface area contributed by atoms with Crippen molar-refractivity contribution in [3.63, 3.8) is 0 Å². The standard InChI is InChI=1S/C38H48ClFN6O5/c1-37(2,3)51-36(47)46-26-9-10-27(46)20-44(19-26)34-29-11-14-43(32-16-28(50-23-48-4)15-24-7-5-8-30(39)33(24)32)21-31(29)41-35(42-34)49-22-38-12-6-13-45(38)18-25(40)17-38/h5,7-8,15-16,25-27H,6,9-14,17-23H2,1-4H3/t25-,26-,27+,38+/m1/s1. The van der Waals surface area contributed by atoms with Gasteiger partial charge >= 0.3 is 12.1 Å². The fraction of sp³-hybridized carbons (Fsp3) is 0.605. The number of hydrogen-bond acceptors (Lipinski definition) is 10. The molecule has 11 nitrogen and oxygen atoms in total. The van der Waals surface area contributed by atoms with Crippen molar-refractivity contribution < 1.29 is 28.1 Å². The summed E-state index contributed by atoms with van der Waals surface area (Å²) in [4.78, 5) is 32.3. The molecule has 274 valence electrons. The fourth-order valence-electron chi connectivity index (χ4n) is 9.05. The fourth-order valence-corrected chi connectivity index (χ4v) is 9.33. The van der Waals surface area contributed by atoms with Crippen LogP contribution in [0.15, 0.2) is 30.3 Å². The Morgan fingerprint density at radius 1 is 1.06 bits per heavy atom. The van der Waals surface area contributed by atoms with Gasteiger partial charge in [-0.25, -0.2) is 9.18 Å². The van der Waals surface area contributed by atoms with Crippen LogP contribution in [0.5, 0.6) is 11.8 Å². The largest absolute Gasteiger partial charge is 0.467 e. The number of nitrogens with zero attached hydrogens (tertiary/aromatic N) is 6. The van der Waals surface area contributed by atoms with Crippen molar-refractivity contribution in [3.8, 4) is 11.8 Å². The van der Waals surface area contributed by atoms with Crippen LogP contribution in [0.1, 0.15) is 64.1 Å². The number of fused-ring (bicyclic) bond motifs is 5. The van der Waals surface area contributed by atoms with Gasteiger partial charge in [-0.3, -0.25) is 9.80 Å². The minimum Gasteiger partial charge on any atom is -0.467 e. The van der Waals surface area contributed by atoms with Gasteiger partial charge in [0.1, 0.15) is 29.9 Å². The molecule has 2 aromatic carbocycles. The van der Waals surface area contributed by atoms with Gasteiger partial charge in [-0.05, 0) is 76.9 Å². The Morgan fingerprint density at radius 2 is 1.86 bits per heavy atom. The van der Waals surface area contributed by atoms with E-state index in [9.17, 15) is 9.18 Å². The van der Waals surface area contributed by atoms with Crippen LogP contribution in [-0.2, 0) is 22.4 Å². The molecule has 0 aliphatic carbocycles. The first-order chi connectivity index (χ1) is 24.5. The van der Waals surface area contributed by atoms with Crippen LogP contribution in [0.2, 0.25) is 5.02 Å². The number of halogens is 2. The summed E-state index contributed by atoms with van der Waals surface area (Å²) in [5.41, 5.74) is 2.07. The molecule has 3 aromatic rings. The number of hydrogen-bond donors (Lipinski definition) is 0. The molecule has 4 atom stereocenters. The summed E-state index contributed by atoms with van der Waals surface area (Å²) in [7, 11) is 1.60. The Hall–Kier alpha value is -3.61. The average molecular weight is 723 g/mol. The molecular weight excluding hydrogens is 675 g/mol. The number of benzene rings is 2. The van der Waals surface area contributed by atoms with Crippen LogP contribution in [0.4, 0.5) is 20.7 Å². The minimum atomic E-state index is -0.843. The number of amides is 1. The highest BCUT2D eigenvalue weighted by Gasteiger charge is 2.50. The molecule has 2 bridgehead atoms. The smallest absolute Gasteiger partial charge is 0.410 e. The maximum absolute atomic E-state index is 14.6. The van der Waals surface area contributed by atoms with Crippen molar-refractivity contribution in [2.45, 2.75) is 95.2 Å². The Balaban J connectivity index is 1.13. The SMILES string of the molecule is COCOc1cc(N2CCc3c(nc(OC[C@@]45CCCN4C[C@H](F)C5)nc3N3C[C@H]4CC[C@@H](C3)N4C(=O)OC(C)(C)C)C2)c2c(Cl)cccc2c1. The summed E-state index contributed by atoms with van der Waals surface area (Å²) in [6, 6.07) is 10.3. The van der Waals surface area contributed by atoms with E-state index in [2.05, 4.69) is 14.7 Å². The van der Waals surface area contributed by atoms with Crippen LogP contribution in [0.25, 0.3) is 10.8 Å². The van der Waals surface area contributed by atoms with Crippen molar-refractivity contribution >= 4 is 40.0 Å². The number of carbonyl (C=O) groups is 1. The van der Waals surface area contributed by atoms with Crippen molar-refractivity contribution in [2.75, 3.05) is 63.0 Å². The van der Waals surface area contributed by atoms with Crippen molar-refractivity contribution in [1.82, 2.24) is 19.8 Å². The highest BCUT2D eigenvalue weighted by Crippen LogP contribution is 2.43. The van der Waals surface area contributed by atoms with E-state index in [0.717, 1.165) is 72.3 Å². The molecule has 5 aliphatic heterocycles. The van der Waals surface area contributed by atoms with Gasteiger partial charge in [-0.2, -0.15) is 9.97 Å². The van der Waals surface area contributed by atoms with Crippen molar-refractivity contribution in [2.24, 2.45) is 0 Å². The molecule has 8 rings (SSSR count). The van der Waals surface area contributed by atoms with E-state index in [1.54, 1.807) is 7.11 Å². The van der Waals surface area contributed by atoms with Crippen LogP contribution < -0.4 is 19.3 Å². The first kappa shape index (κ1) is 34.5. The van der Waals surface area contributed by atoms with Gasteiger partial charge in [0.15, 0.2) is 6.79 Å². The molecule has 1 amide bonds. The Bertz CT molecular complexity index is 1790. The second-order valence-corrected chi connectivity index (χ2v) is 16.2. The molecule has 4 fully saturated rings. The number of alkyl halides is 1. The zero-order valence-corrected chi connectivity index (χ0v) is 30.8. The summed E-state index contributed by atoms with van der Waals surface area (Å²) in [6.45, 7) is 10.1. The van der Waals surface area contributed by atoms with Crippen LogP contribution >= 0.6 is 11.6 Å². The summed E-state index contributed by atoms with van der Waals surface area (Å²) in [6.07, 6.45) is 3.88. The highest BCUT2D eigenvalue weighted by molar-refractivity contribution is 6.36. The topological polar surface area (TPSA) is 92.7 Å². The predicted octanol–water partition coefficient (Wildman–Crippen LogP) is 6.37. The summed E-state index contributed by atoms with van der Waals surface area (Å²) >= 11 is 6.84. The monoisotopic (exact) mass is 722 g/mol. The van der Waals surface area contributed by atoms with E-state index in [0.29, 0.717) is 62.4 Å². The van der Waals surface area contributed by atoms with Crippen LogP contribution in [0, 0.1) is 0 Å². The molecule has 0 saturated carbocycles. The van der Waals surface area contributed by atoms with Crippen molar-refractivity contribution in [3.05, 3.63) is 46.6 Å². The number of methoxy groups -OCH3 is 1. The van der Waals surface area contributed by atoms with Gasteiger partial charge in [-0.15, -0.1) is 0 Å². The van der Waals surface area contributed by atoms with Crippen LogP contribution in [-0.4, -0.2) is 108 Å². The van der Waals surface area contributed by atoms with Gasteiger partial charge in [0, 0.05) is 56.7 Å². The predicted molar refractivity (Wildman–Crippen MR) is 194 cm³/mol. The number of aromatic nitrogens is 2. The van der Waals surface area contributed by atoms with E-state index in [1.165, 1.54) is 0 Å². The summed E-state index contributed by atoms with van der Waals surface area (Å²) < 4.78 is 38.1. The summed E-state index contributed by atoms with van der Waals surface area (Å²) in [5, 5.41) is 2.60. The van der Waals surface area contributed by atoms with Gasteiger partial charge in [0.05, 0.1) is 40.6 Å². The van der Waals surface area contributed by atoms with E-state index < -0.39 is 11.8 Å². The Labute approximate surface area is 303 Å². The lowest BCUT2D eigenvalue weighted by Gasteiger charge is -2.43. The first-order valence-electron chi connectivity index (χ1n) is 18.3. The minimum absolute atomic E-state index is 0.0305. The molecule has 4 saturated heterocycles. The molecule has 0 N–H and O–H groups in total. The van der Waals surface area contributed by atoms with Crippen LogP contribution in [0.3, 0.4) is 0 Å². The van der Waals surface area contributed by atoms with E-state index in [-0.39, 0.29) is 30.5 Å². The number of rotatable bonds is 8. The second kappa shape index (κ2) is 13.4. The molecule has 13 heteroatoms. The highest BCUT2D eigenvalue weighted by atomic mass is 35.5. The van der Waals surface area contributed by atoms with Gasteiger partial charge < -0.3 is 28.7 Å². The van der Waals surface area contributed by atoms with Gasteiger partial charge in [0.25, 0.3) is 0 Å². The Morgan fingerprint density at radius 3 is 2.63 bits per heavy atom. The zero-order valence-electron chi connectivity index (χ0n) is 30.0. The number of carbonyl (C=O) groups excluding carboxylic acids is 1. The third-order valence-electron chi connectivity index (χ3n) is 11.2. The molecule has 6 heterocycles. The van der Waals surface area contributed by atoms with Gasteiger partial charge in [-0.1, -0.05) is 23.7 Å². The molecule has 0 unspecified atom stereocenters. The third kappa shape index (κ3) is 6.63. The molecule has 51 heavy (non-hydrogen) atoms. The molecule has 5 aliphatic rings. The lowest BCUT2D eigenvalue weighted by atomic mass is 9.95. The van der Waals surface area contributed by atoms with E-state index in [4.69, 9.17) is 40.5 Å². The van der Waals surface area contributed by atoms with Gasteiger partial charge in [0.2, 0.25) is 0 Å². The van der Waals surface area contributed by atoms with E-state index in [1.807, 2.05) is 56.0 Å². The molecule has 1 aromatic heterocycles. The third-order valence-corrected chi connectivity index (χ3v) is 11.5. The first-order valence-corrected chi connectivity index (χ1v) is 18.6. The maximum atomic E-state index is 14.6. The average Bonchev–Trinajstić information content (AvgIpc) is 3.71. The number of anilines is 2. The molecule has 0 radical (unpaired) electrons. The maximum Gasteiger partial charge on any atom is 0.410 e. The lowest BCUT2D eigenvalue weighted by molar-refractivity contribution is 0.0122. The normalized spacial score (nSPS) is 26.1. The van der Waals surface area contributed by atoms with Crippen molar-refractivity contribution in [1.29, 1.82) is 0 Å². The number of ether oxygens (including phenoxy) is 4. The number of piperazine rings is 1. The summed E-state index contributed by atoms with van der Waals surface area (Å²) in [5.74, 6) is 1.56. The quantitative estimate of drug-likeness (QED) is 0.244. The van der Waals surface area contributed by atoms with E-state index >= 15 is 0 Å². The molecular formula is C38H48ClFN6O5.